The van der Waals surface area contributed by atoms with Gasteiger partial charge in [-0.25, -0.2) is 9.75 Å². The lowest BCUT2D eigenvalue weighted by Gasteiger charge is -2.50. The van der Waals surface area contributed by atoms with Gasteiger partial charge in [0, 0.05) is 111 Å². The highest BCUT2D eigenvalue weighted by molar-refractivity contribution is 6.00. The Kier molecular flexibility index (Phi) is 34.9. The normalized spacial score (nSPS) is 27.8. The number of morpholine rings is 1. The summed E-state index contributed by atoms with van der Waals surface area (Å²) in [4.78, 5) is 177. The summed E-state index contributed by atoms with van der Waals surface area (Å²) < 4.78 is 13.6. The number of tetrazole rings is 1. The number of aromatic nitrogens is 4. The van der Waals surface area contributed by atoms with Gasteiger partial charge in [0.25, 0.3) is 5.91 Å². The monoisotopic (exact) mass is 1390 g/mol. The fourth-order valence-corrected chi connectivity index (χ4v) is 14.2. The average molecular weight is 1400 g/mol. The SMILES string of the molecule is CC[C@@H]1NC(=O)[C@@H]2[C@@H]([C@H](C)CCCCCc3nnnn3C)ON2C(=O)[C@H](C(C)C)N(C)C(=O)[C@H](CC(C)C)CC(=O)[C@H](CC(C)C)N(C)C(=O)[C@@H](C)NC(=O)[C@H](C)CC(=O)[C@H](CC(C)C)N(C)C(=O)[C@H](C(C)C)CC(=O)[C@H]([C@@H](C)OCCCCN2CCOCC2)N(C)C(=O)[C@@H](C)CC1=O. The molecular formula is C73H126N12O14. The van der Waals surface area contributed by atoms with Gasteiger partial charge < -0.3 is 39.7 Å². The van der Waals surface area contributed by atoms with E-state index in [0.29, 0.717) is 32.5 Å². The van der Waals surface area contributed by atoms with Gasteiger partial charge in [-0.05, 0) is 118 Å². The van der Waals surface area contributed by atoms with Gasteiger partial charge in [-0.3, -0.25) is 62.5 Å². The van der Waals surface area contributed by atoms with E-state index in [2.05, 4.69) is 31.1 Å². The van der Waals surface area contributed by atoms with Crippen molar-refractivity contribution in [3.8, 4) is 0 Å². The first-order valence-electron chi connectivity index (χ1n) is 36.9. The van der Waals surface area contributed by atoms with E-state index in [1.54, 1.807) is 53.3 Å². The van der Waals surface area contributed by atoms with E-state index in [9.17, 15) is 33.6 Å². The van der Waals surface area contributed by atoms with Crippen molar-refractivity contribution >= 4 is 64.5 Å². The molecule has 0 unspecified atom stereocenters. The number of fused-ring (bicyclic) bond motifs is 1. The zero-order valence-corrected chi connectivity index (χ0v) is 64.0. The summed E-state index contributed by atoms with van der Waals surface area (Å²) >= 11 is 0. The van der Waals surface area contributed by atoms with Crippen LogP contribution in [0.25, 0.3) is 0 Å². The molecule has 3 fully saturated rings. The first-order chi connectivity index (χ1) is 46.4. The molecule has 26 nitrogen and oxygen atoms in total. The fraction of sp³-hybridized carbons (Fsp3) is 0.836. The molecule has 7 amide bonds. The van der Waals surface area contributed by atoms with Crippen molar-refractivity contribution in [1.29, 1.82) is 0 Å². The fourth-order valence-electron chi connectivity index (χ4n) is 14.2. The highest BCUT2D eigenvalue weighted by atomic mass is 16.7. The molecule has 562 valence electrons. The Labute approximate surface area is 590 Å². The van der Waals surface area contributed by atoms with Gasteiger partial charge >= 0.3 is 0 Å². The van der Waals surface area contributed by atoms with Crippen molar-refractivity contribution in [2.24, 2.45) is 66.2 Å². The summed E-state index contributed by atoms with van der Waals surface area (Å²) in [5, 5.41) is 18.5. The summed E-state index contributed by atoms with van der Waals surface area (Å²) in [5.74, 6) is -10.5. The topological polar surface area (TPSA) is 303 Å². The Balaban J connectivity index is 1.83. The van der Waals surface area contributed by atoms with E-state index in [4.69, 9.17) is 14.3 Å². The lowest BCUT2D eigenvalue weighted by molar-refractivity contribution is -0.322. The molecule has 3 aliphatic rings. The summed E-state index contributed by atoms with van der Waals surface area (Å²) in [6.07, 6.45) is 2.95. The number of aryl methyl sites for hydroxylation is 2. The Morgan fingerprint density at radius 2 is 1.13 bits per heavy atom. The Morgan fingerprint density at radius 3 is 1.69 bits per heavy atom. The number of unbranched alkanes of at least 4 members (excludes halogenated alkanes) is 3. The van der Waals surface area contributed by atoms with Gasteiger partial charge in [-0.2, -0.15) is 0 Å². The number of hydroxylamine groups is 2. The molecule has 4 rings (SSSR count). The Morgan fingerprint density at radius 1 is 0.556 bits per heavy atom. The molecule has 99 heavy (non-hydrogen) atoms. The number of hydrogen-bond donors (Lipinski definition) is 2. The van der Waals surface area contributed by atoms with Crippen LogP contribution in [0.15, 0.2) is 0 Å². The van der Waals surface area contributed by atoms with Crippen LogP contribution in [-0.2, 0) is 80.5 Å². The van der Waals surface area contributed by atoms with Crippen molar-refractivity contribution < 1.29 is 67.1 Å². The number of carbonyl (C=O) groups excluding carboxylic acids is 11. The third-order valence-electron chi connectivity index (χ3n) is 20.2. The zero-order chi connectivity index (χ0) is 74.4. The van der Waals surface area contributed by atoms with Gasteiger partial charge in [-0.15, -0.1) is 5.10 Å². The predicted molar refractivity (Wildman–Crippen MR) is 375 cm³/mol. The number of hydrogen-bond acceptors (Lipinski definition) is 18. The van der Waals surface area contributed by atoms with Gasteiger partial charge in [0.2, 0.25) is 35.4 Å². The maximum Gasteiger partial charge on any atom is 0.270 e. The molecule has 3 aliphatic heterocycles. The summed E-state index contributed by atoms with van der Waals surface area (Å²) in [6.45, 7) is 32.8. The van der Waals surface area contributed by atoms with Gasteiger partial charge in [0.15, 0.2) is 35.0 Å². The third-order valence-corrected chi connectivity index (χ3v) is 20.2. The maximum absolute atomic E-state index is 15.3. The van der Waals surface area contributed by atoms with Crippen LogP contribution < -0.4 is 10.6 Å². The molecule has 1 aromatic rings. The minimum Gasteiger partial charge on any atom is -0.379 e. The first kappa shape index (κ1) is 85.3. The predicted octanol–water partition coefficient (Wildman–Crippen LogP) is 6.49. The Bertz CT molecular complexity index is 2840. The largest absolute Gasteiger partial charge is 0.379 e. The molecule has 3 saturated heterocycles. The molecule has 0 spiro atoms. The molecular weight excluding hydrogens is 1270 g/mol. The molecule has 2 N–H and O–H groups in total. The highest BCUT2D eigenvalue weighted by Crippen LogP contribution is 2.35. The summed E-state index contributed by atoms with van der Waals surface area (Å²) in [7, 11) is 7.79. The smallest absolute Gasteiger partial charge is 0.270 e. The number of ether oxygens (including phenoxy) is 2. The number of carbonyl (C=O) groups is 11. The number of amides is 7. The summed E-state index contributed by atoms with van der Waals surface area (Å²) in [5.41, 5.74) is 0. The van der Waals surface area contributed by atoms with Crippen LogP contribution in [0.3, 0.4) is 0 Å². The molecule has 0 aliphatic carbocycles. The van der Waals surface area contributed by atoms with Crippen LogP contribution >= 0.6 is 0 Å². The lowest BCUT2D eigenvalue weighted by atomic mass is 9.85. The van der Waals surface area contributed by atoms with Crippen molar-refractivity contribution in [1.82, 2.24) is 60.4 Å². The molecule has 14 atom stereocenters. The van der Waals surface area contributed by atoms with Crippen molar-refractivity contribution in [3.63, 3.8) is 0 Å². The molecule has 4 heterocycles. The second-order valence-corrected chi connectivity index (χ2v) is 30.8. The van der Waals surface area contributed by atoms with Gasteiger partial charge in [0.05, 0.1) is 37.4 Å². The van der Waals surface area contributed by atoms with E-state index < -0.39 is 154 Å². The number of nitrogens with one attached hydrogen (secondary N) is 2. The van der Waals surface area contributed by atoms with E-state index in [0.717, 1.165) is 56.2 Å². The van der Waals surface area contributed by atoms with E-state index >= 15 is 19.2 Å². The van der Waals surface area contributed by atoms with Crippen LogP contribution in [0.1, 0.15) is 206 Å². The van der Waals surface area contributed by atoms with Crippen molar-refractivity contribution in [2.45, 2.75) is 262 Å². The minimum absolute atomic E-state index is 0.0849. The van der Waals surface area contributed by atoms with Crippen molar-refractivity contribution in [3.05, 3.63) is 5.82 Å². The molecule has 0 aromatic carbocycles. The number of ketones is 4. The van der Waals surface area contributed by atoms with Crippen LogP contribution in [-0.4, -0.2) is 236 Å². The number of nitrogens with zero attached hydrogens (tertiary/aromatic N) is 10. The number of likely N-dealkylation sites (N-methyl/N-ethyl adjacent to an activating group) is 4. The third kappa shape index (κ3) is 24.5. The van der Waals surface area contributed by atoms with E-state index in [1.165, 1.54) is 54.7 Å². The van der Waals surface area contributed by atoms with Gasteiger partial charge in [0.1, 0.15) is 24.2 Å². The molecule has 0 saturated carbocycles. The molecule has 26 heteroatoms. The van der Waals surface area contributed by atoms with E-state index in [1.807, 2.05) is 62.3 Å². The average Bonchev–Trinajstić information content (AvgIpc) is 0.869. The highest BCUT2D eigenvalue weighted by Gasteiger charge is 2.54. The second-order valence-electron chi connectivity index (χ2n) is 30.8. The van der Waals surface area contributed by atoms with Crippen LogP contribution in [0.2, 0.25) is 0 Å². The van der Waals surface area contributed by atoms with Crippen LogP contribution in [0, 0.1) is 59.2 Å². The van der Waals surface area contributed by atoms with Gasteiger partial charge in [-0.1, -0.05) is 110 Å². The zero-order valence-electron chi connectivity index (χ0n) is 64.0. The summed E-state index contributed by atoms with van der Waals surface area (Å²) in [6, 6.07) is -7.98. The maximum atomic E-state index is 15.3. The van der Waals surface area contributed by atoms with Crippen LogP contribution in [0.5, 0.6) is 0 Å². The second kappa shape index (κ2) is 40.5. The quantitative estimate of drug-likeness (QED) is 0.111. The molecule has 0 bridgehead atoms. The molecule has 1 aromatic heterocycles. The number of rotatable bonds is 23. The lowest BCUT2D eigenvalue weighted by Crippen LogP contribution is -2.71. The number of Topliss-reactive ketones (excluding diaryl/α,β-unsaturated/α-hetero) is 4. The van der Waals surface area contributed by atoms with Crippen molar-refractivity contribution in [2.75, 3.05) is 67.6 Å². The standard InChI is InChI=1S/C73H126N12O14/c1-22-55-58(86)40-50(14)69(92)82(20)64(52(16)98-33-27-26-30-84-31-34-97-35-32-84)61(89)42-54(46(8)9)72(95)80(18)56(37-44(4)5)59(87)39-49(13)67(90)74-51(15)70(93)79(17)57(38-45(6)7)60(88)41-53(36-43(2)3)71(94)81(19)63(47(10)11)73(96)85-65(68(91)75-55)66(99-85)48(12)28-24-23-25-29-62-76-77-78-83(62)21/h43-57,63-66H,22-42H2,1-21H3,(H,74,90)(H,75,91)/t48-,49-,50+,51-,52-,53-,54+,55+,56+,57+,63+,64+,65+,66-/m1/s1. The minimum atomic E-state index is -1.25. The first-order valence-corrected chi connectivity index (χ1v) is 36.9. The van der Waals surface area contributed by atoms with E-state index in [-0.39, 0.29) is 81.6 Å². The molecule has 0 radical (unpaired) electrons. The Hall–Kier alpha value is -6.12. The van der Waals surface area contributed by atoms with Crippen LogP contribution in [0.4, 0.5) is 0 Å².